The minimum atomic E-state index is 0.394. The van der Waals surface area contributed by atoms with E-state index < -0.39 is 0 Å². The molecule has 0 bridgehead atoms. The molecule has 2 aromatic rings. The molecule has 0 unspecified atom stereocenters. The van der Waals surface area contributed by atoms with E-state index in [2.05, 4.69) is 21.6 Å². The molecule has 152 valence electrons. The van der Waals surface area contributed by atoms with E-state index in [0.717, 1.165) is 68.4 Å². The lowest BCUT2D eigenvalue weighted by Gasteiger charge is -2.27. The Morgan fingerprint density at radius 2 is 1.93 bits per heavy atom. The summed E-state index contributed by atoms with van der Waals surface area (Å²) >= 11 is 12.1. The Morgan fingerprint density at radius 3 is 2.68 bits per heavy atom. The molecule has 2 N–H and O–H groups in total. The summed E-state index contributed by atoms with van der Waals surface area (Å²) in [5, 5.41) is 7.96. The lowest BCUT2D eigenvalue weighted by Crippen LogP contribution is -2.45. The highest BCUT2D eigenvalue weighted by Crippen LogP contribution is 2.32. The smallest absolute Gasteiger partial charge is 0.166 e. The first kappa shape index (κ1) is 21.2. The van der Waals surface area contributed by atoms with Crippen LogP contribution in [0.25, 0.3) is 0 Å². The van der Waals surface area contributed by atoms with Crippen LogP contribution in [0.2, 0.25) is 10.0 Å². The van der Waals surface area contributed by atoms with E-state index >= 15 is 0 Å². The van der Waals surface area contributed by atoms with E-state index in [4.69, 9.17) is 32.7 Å². The van der Waals surface area contributed by atoms with Gasteiger partial charge in [0.25, 0.3) is 0 Å². The van der Waals surface area contributed by atoms with Crippen LogP contribution in [0.15, 0.2) is 36.4 Å². The third-order valence-corrected chi connectivity index (χ3v) is 5.52. The maximum absolute atomic E-state index is 6.10. The van der Waals surface area contributed by atoms with Crippen molar-refractivity contribution in [2.75, 3.05) is 46.4 Å². The van der Waals surface area contributed by atoms with Gasteiger partial charge in [-0.3, -0.25) is 4.90 Å². The molecular weight excluding hydrogens is 397 g/mol. The number of methoxy groups -OCH3 is 1. The largest absolute Gasteiger partial charge is 0.493 e. The highest BCUT2D eigenvalue weighted by Gasteiger charge is 2.12. The molecule has 1 fully saturated rings. The summed E-state index contributed by atoms with van der Waals surface area (Å²) in [5.41, 5.74) is 2.03. The molecule has 1 heterocycles. The lowest BCUT2D eigenvalue weighted by atomic mass is 10.1. The molecule has 7 heteroatoms. The molecule has 0 aliphatic carbocycles. The summed E-state index contributed by atoms with van der Waals surface area (Å²) in [5.74, 6) is 1.48. The molecule has 1 saturated heterocycles. The zero-order chi connectivity index (χ0) is 19.8. The third kappa shape index (κ3) is 6.00. The van der Waals surface area contributed by atoms with Crippen LogP contribution in [-0.2, 0) is 13.2 Å². The van der Waals surface area contributed by atoms with Crippen LogP contribution in [0.3, 0.4) is 0 Å². The van der Waals surface area contributed by atoms with Crippen molar-refractivity contribution in [1.29, 1.82) is 0 Å². The van der Waals surface area contributed by atoms with Gasteiger partial charge in [0, 0.05) is 51.4 Å². The van der Waals surface area contributed by atoms with Crippen molar-refractivity contribution in [1.82, 2.24) is 15.5 Å². The van der Waals surface area contributed by atoms with E-state index in [-0.39, 0.29) is 0 Å². The standard InChI is InChI=1S/C21H27Cl2N3O2/c1-27-20-4-2-3-17(14-25-9-12-26-10-7-24-8-11-26)21(20)28-15-16-5-6-18(22)19(23)13-16/h2-6,13,24-25H,7-12,14-15H2,1H3. The highest BCUT2D eigenvalue weighted by molar-refractivity contribution is 6.42. The van der Waals surface area contributed by atoms with Gasteiger partial charge >= 0.3 is 0 Å². The molecule has 1 aliphatic heterocycles. The predicted molar refractivity (Wildman–Crippen MR) is 115 cm³/mol. The summed E-state index contributed by atoms with van der Waals surface area (Å²) in [6.07, 6.45) is 0. The minimum Gasteiger partial charge on any atom is -0.493 e. The molecular formula is C21H27Cl2N3O2. The number of benzene rings is 2. The number of halogens is 2. The number of hydrogen-bond donors (Lipinski definition) is 2. The summed E-state index contributed by atoms with van der Waals surface area (Å²) in [6.45, 7) is 7.46. The Bertz CT molecular complexity index is 767. The number of nitrogens with one attached hydrogen (secondary N) is 2. The van der Waals surface area contributed by atoms with E-state index in [9.17, 15) is 0 Å². The van der Waals surface area contributed by atoms with Crippen molar-refractivity contribution < 1.29 is 9.47 Å². The van der Waals surface area contributed by atoms with Gasteiger partial charge in [-0.2, -0.15) is 0 Å². The van der Waals surface area contributed by atoms with E-state index in [1.165, 1.54) is 0 Å². The summed E-state index contributed by atoms with van der Waals surface area (Å²) < 4.78 is 11.6. The molecule has 0 radical (unpaired) electrons. The first-order chi connectivity index (χ1) is 13.7. The van der Waals surface area contributed by atoms with E-state index in [1.807, 2.05) is 24.3 Å². The summed E-state index contributed by atoms with van der Waals surface area (Å²) in [6, 6.07) is 11.5. The predicted octanol–water partition coefficient (Wildman–Crippen LogP) is 3.58. The zero-order valence-electron chi connectivity index (χ0n) is 16.1. The molecule has 1 aliphatic rings. The first-order valence-corrected chi connectivity index (χ1v) is 10.3. The number of rotatable bonds is 9. The van der Waals surface area contributed by atoms with Crippen LogP contribution in [0.1, 0.15) is 11.1 Å². The van der Waals surface area contributed by atoms with Gasteiger partial charge in [-0.1, -0.05) is 41.4 Å². The number of piperazine rings is 1. The Hall–Kier alpha value is -1.50. The van der Waals surface area contributed by atoms with Crippen molar-refractivity contribution in [3.05, 3.63) is 57.6 Å². The number of hydrogen-bond acceptors (Lipinski definition) is 5. The van der Waals surface area contributed by atoms with Crippen molar-refractivity contribution in [3.63, 3.8) is 0 Å². The average molecular weight is 424 g/mol. The Labute approximate surface area is 176 Å². The van der Waals surface area contributed by atoms with Crippen molar-refractivity contribution in [3.8, 4) is 11.5 Å². The quantitative estimate of drug-likeness (QED) is 0.603. The topological polar surface area (TPSA) is 45.8 Å². The van der Waals surface area contributed by atoms with Gasteiger partial charge in [-0.15, -0.1) is 0 Å². The van der Waals surface area contributed by atoms with E-state index in [1.54, 1.807) is 13.2 Å². The van der Waals surface area contributed by atoms with Crippen molar-refractivity contribution in [2.45, 2.75) is 13.2 Å². The van der Waals surface area contributed by atoms with Gasteiger partial charge in [-0.05, 0) is 23.8 Å². The maximum atomic E-state index is 6.10. The molecule has 5 nitrogen and oxygen atoms in total. The highest BCUT2D eigenvalue weighted by atomic mass is 35.5. The van der Waals surface area contributed by atoms with Crippen molar-refractivity contribution in [2.24, 2.45) is 0 Å². The average Bonchev–Trinajstić information content (AvgIpc) is 2.73. The first-order valence-electron chi connectivity index (χ1n) is 9.54. The molecule has 28 heavy (non-hydrogen) atoms. The lowest BCUT2D eigenvalue weighted by molar-refractivity contribution is 0.240. The van der Waals surface area contributed by atoms with Crippen LogP contribution < -0.4 is 20.1 Å². The van der Waals surface area contributed by atoms with Crippen molar-refractivity contribution >= 4 is 23.2 Å². The fourth-order valence-corrected chi connectivity index (χ4v) is 3.53. The van der Waals surface area contributed by atoms with Gasteiger partial charge in [-0.25, -0.2) is 0 Å². The Morgan fingerprint density at radius 1 is 1.11 bits per heavy atom. The second kappa shape index (κ2) is 10.9. The Balaban J connectivity index is 1.58. The number of ether oxygens (including phenoxy) is 2. The minimum absolute atomic E-state index is 0.394. The van der Waals surface area contributed by atoms with Gasteiger partial charge in [0.05, 0.1) is 17.2 Å². The third-order valence-electron chi connectivity index (χ3n) is 4.78. The molecule has 0 aromatic heterocycles. The van der Waals surface area contributed by atoms with Gasteiger partial charge in [0.1, 0.15) is 6.61 Å². The van der Waals surface area contributed by atoms with Crippen LogP contribution >= 0.6 is 23.2 Å². The molecule has 0 amide bonds. The van der Waals surface area contributed by atoms with Gasteiger partial charge in [0.2, 0.25) is 0 Å². The number of para-hydroxylation sites is 1. The van der Waals surface area contributed by atoms with Crippen LogP contribution in [-0.4, -0.2) is 51.3 Å². The van der Waals surface area contributed by atoms with Crippen LogP contribution in [0.5, 0.6) is 11.5 Å². The number of nitrogens with zero attached hydrogens (tertiary/aromatic N) is 1. The molecule has 0 spiro atoms. The molecule has 3 rings (SSSR count). The van der Waals surface area contributed by atoms with Crippen LogP contribution in [0.4, 0.5) is 0 Å². The van der Waals surface area contributed by atoms with E-state index in [0.29, 0.717) is 16.7 Å². The van der Waals surface area contributed by atoms with Gasteiger partial charge in [0.15, 0.2) is 11.5 Å². The Kier molecular flexibility index (Phi) is 8.25. The SMILES string of the molecule is COc1cccc(CNCCN2CCNCC2)c1OCc1ccc(Cl)c(Cl)c1. The second-order valence-electron chi connectivity index (χ2n) is 6.75. The van der Waals surface area contributed by atoms with Gasteiger partial charge < -0.3 is 20.1 Å². The summed E-state index contributed by atoms with van der Waals surface area (Å²) in [4.78, 5) is 2.47. The fraction of sp³-hybridized carbons (Fsp3) is 0.429. The fourth-order valence-electron chi connectivity index (χ4n) is 3.20. The second-order valence-corrected chi connectivity index (χ2v) is 7.57. The molecule has 0 atom stereocenters. The van der Waals surface area contributed by atoms with Crippen LogP contribution in [0, 0.1) is 0 Å². The molecule has 0 saturated carbocycles. The monoisotopic (exact) mass is 423 g/mol. The summed E-state index contributed by atoms with van der Waals surface area (Å²) in [7, 11) is 1.66. The zero-order valence-corrected chi connectivity index (χ0v) is 17.7. The normalized spacial score (nSPS) is 14.8. The maximum Gasteiger partial charge on any atom is 0.166 e. The molecule has 2 aromatic carbocycles.